The Morgan fingerprint density at radius 1 is 1.00 bits per heavy atom. The standard InChI is InChI=1S/C13H9ClF2O2/c1-6-2-3-7(13(18)11(6)15)10-8(14)4-5-9(17)12(10)16/h2-5,17-18H,1H3. The summed E-state index contributed by atoms with van der Waals surface area (Å²) in [5.41, 5.74) is -0.0995. The molecule has 0 atom stereocenters. The molecular weight excluding hydrogens is 262 g/mol. The second-order valence-electron chi connectivity index (χ2n) is 3.85. The fourth-order valence-electron chi connectivity index (χ4n) is 1.66. The van der Waals surface area contributed by atoms with E-state index in [9.17, 15) is 19.0 Å². The lowest BCUT2D eigenvalue weighted by Crippen LogP contribution is -1.91. The molecule has 0 aliphatic carbocycles. The predicted molar refractivity (Wildman–Crippen MR) is 64.9 cm³/mol. The van der Waals surface area contributed by atoms with Gasteiger partial charge in [0, 0.05) is 11.1 Å². The van der Waals surface area contributed by atoms with Crippen molar-refractivity contribution < 1.29 is 19.0 Å². The SMILES string of the molecule is Cc1ccc(-c2c(Cl)ccc(O)c2F)c(O)c1F. The van der Waals surface area contributed by atoms with Gasteiger partial charge < -0.3 is 10.2 Å². The molecule has 94 valence electrons. The van der Waals surface area contributed by atoms with Crippen LogP contribution < -0.4 is 0 Å². The van der Waals surface area contributed by atoms with Crippen molar-refractivity contribution in [2.75, 3.05) is 0 Å². The van der Waals surface area contributed by atoms with Crippen LogP contribution in [0, 0.1) is 18.6 Å². The Labute approximate surface area is 107 Å². The number of phenols is 2. The van der Waals surface area contributed by atoms with E-state index in [1.165, 1.54) is 25.1 Å². The van der Waals surface area contributed by atoms with Crippen LogP contribution in [-0.4, -0.2) is 10.2 Å². The Morgan fingerprint density at radius 3 is 2.33 bits per heavy atom. The van der Waals surface area contributed by atoms with E-state index in [0.29, 0.717) is 0 Å². The molecular formula is C13H9ClF2O2. The molecule has 0 aromatic heterocycles. The first kappa shape index (κ1) is 12.6. The van der Waals surface area contributed by atoms with Gasteiger partial charge in [-0.15, -0.1) is 0 Å². The molecule has 2 nitrogen and oxygen atoms in total. The van der Waals surface area contributed by atoms with Gasteiger partial charge in [0.05, 0.1) is 5.02 Å². The molecule has 0 radical (unpaired) electrons. The number of hydrogen-bond acceptors (Lipinski definition) is 2. The number of aryl methyl sites for hydroxylation is 1. The highest BCUT2D eigenvalue weighted by Gasteiger charge is 2.19. The van der Waals surface area contributed by atoms with Crippen LogP contribution >= 0.6 is 11.6 Å². The summed E-state index contributed by atoms with van der Waals surface area (Å²) in [7, 11) is 0. The van der Waals surface area contributed by atoms with Crippen LogP contribution in [0.4, 0.5) is 8.78 Å². The second-order valence-corrected chi connectivity index (χ2v) is 4.26. The lowest BCUT2D eigenvalue weighted by molar-refractivity contribution is 0.427. The minimum absolute atomic E-state index is 0.0242. The molecule has 2 aromatic carbocycles. The fraction of sp³-hybridized carbons (Fsp3) is 0.0769. The van der Waals surface area contributed by atoms with Gasteiger partial charge in [-0.3, -0.25) is 0 Å². The zero-order chi connectivity index (χ0) is 13.4. The third kappa shape index (κ3) is 1.88. The van der Waals surface area contributed by atoms with Crippen molar-refractivity contribution >= 4 is 11.6 Å². The summed E-state index contributed by atoms with van der Waals surface area (Å²) < 4.78 is 27.4. The highest BCUT2D eigenvalue weighted by molar-refractivity contribution is 6.33. The molecule has 2 rings (SSSR count). The maximum Gasteiger partial charge on any atom is 0.174 e. The van der Waals surface area contributed by atoms with Crippen LogP contribution in [0.15, 0.2) is 24.3 Å². The first-order chi connectivity index (χ1) is 8.43. The Morgan fingerprint density at radius 2 is 1.67 bits per heavy atom. The predicted octanol–water partition coefficient (Wildman–Crippen LogP) is 4.00. The van der Waals surface area contributed by atoms with E-state index < -0.39 is 23.1 Å². The summed E-state index contributed by atoms with van der Waals surface area (Å²) >= 11 is 5.82. The molecule has 0 heterocycles. The number of aromatic hydroxyl groups is 2. The number of phenolic OH excluding ortho intramolecular Hbond substituents is 2. The summed E-state index contributed by atoms with van der Waals surface area (Å²) in [6.45, 7) is 1.47. The Balaban J connectivity index is 2.78. The van der Waals surface area contributed by atoms with Gasteiger partial charge in [-0.05, 0) is 24.6 Å². The van der Waals surface area contributed by atoms with E-state index in [4.69, 9.17) is 11.6 Å². The van der Waals surface area contributed by atoms with Gasteiger partial charge in [-0.25, -0.2) is 8.78 Å². The molecule has 0 aliphatic rings. The third-order valence-corrected chi connectivity index (χ3v) is 2.96. The fourth-order valence-corrected chi connectivity index (χ4v) is 1.90. The van der Waals surface area contributed by atoms with Crippen molar-refractivity contribution in [1.82, 2.24) is 0 Å². The quantitative estimate of drug-likeness (QED) is 0.822. The lowest BCUT2D eigenvalue weighted by Gasteiger charge is -2.11. The summed E-state index contributed by atoms with van der Waals surface area (Å²) in [6, 6.07) is 5.09. The van der Waals surface area contributed by atoms with Crippen LogP contribution in [0.25, 0.3) is 11.1 Å². The molecule has 2 N–H and O–H groups in total. The molecule has 0 unspecified atom stereocenters. The largest absolute Gasteiger partial charge is 0.505 e. The maximum atomic E-state index is 13.8. The second kappa shape index (κ2) is 4.46. The lowest BCUT2D eigenvalue weighted by atomic mass is 10.0. The van der Waals surface area contributed by atoms with Crippen molar-refractivity contribution in [2.24, 2.45) is 0 Å². The first-order valence-electron chi connectivity index (χ1n) is 5.09. The van der Waals surface area contributed by atoms with Gasteiger partial charge in [-0.1, -0.05) is 23.7 Å². The topological polar surface area (TPSA) is 40.5 Å². The van der Waals surface area contributed by atoms with Gasteiger partial charge in [-0.2, -0.15) is 0 Å². The van der Waals surface area contributed by atoms with Crippen LogP contribution in [0.1, 0.15) is 5.56 Å². The number of rotatable bonds is 1. The van der Waals surface area contributed by atoms with Crippen molar-refractivity contribution in [1.29, 1.82) is 0 Å². The monoisotopic (exact) mass is 270 g/mol. The molecule has 0 spiro atoms. The molecule has 0 saturated carbocycles. The average molecular weight is 271 g/mol. The molecule has 0 aliphatic heterocycles. The molecule has 0 fully saturated rings. The highest BCUT2D eigenvalue weighted by atomic mass is 35.5. The van der Waals surface area contributed by atoms with Gasteiger partial charge >= 0.3 is 0 Å². The van der Waals surface area contributed by atoms with Crippen LogP contribution in [0.2, 0.25) is 5.02 Å². The maximum absolute atomic E-state index is 13.8. The molecule has 5 heteroatoms. The van der Waals surface area contributed by atoms with E-state index >= 15 is 0 Å². The zero-order valence-electron chi connectivity index (χ0n) is 9.34. The molecule has 2 aromatic rings. The summed E-state index contributed by atoms with van der Waals surface area (Å²) in [4.78, 5) is 0. The van der Waals surface area contributed by atoms with Gasteiger partial charge in [0.15, 0.2) is 23.1 Å². The molecule has 18 heavy (non-hydrogen) atoms. The van der Waals surface area contributed by atoms with Gasteiger partial charge in [0.25, 0.3) is 0 Å². The van der Waals surface area contributed by atoms with Gasteiger partial charge in [0.2, 0.25) is 0 Å². The molecule has 0 bridgehead atoms. The smallest absolute Gasteiger partial charge is 0.174 e. The minimum atomic E-state index is -0.999. The molecule has 0 saturated heterocycles. The van der Waals surface area contributed by atoms with Crippen LogP contribution in [0.3, 0.4) is 0 Å². The number of benzene rings is 2. The van der Waals surface area contributed by atoms with Crippen LogP contribution in [0.5, 0.6) is 11.5 Å². The summed E-state index contributed by atoms with van der Waals surface area (Å²) in [6.07, 6.45) is 0. The van der Waals surface area contributed by atoms with Gasteiger partial charge in [0.1, 0.15) is 0 Å². The zero-order valence-corrected chi connectivity index (χ0v) is 10.1. The first-order valence-corrected chi connectivity index (χ1v) is 5.46. The summed E-state index contributed by atoms with van der Waals surface area (Å²) in [5, 5.41) is 19.0. The van der Waals surface area contributed by atoms with Crippen molar-refractivity contribution in [3.63, 3.8) is 0 Å². The Kier molecular flexibility index (Phi) is 3.13. The van der Waals surface area contributed by atoms with Crippen molar-refractivity contribution in [3.05, 3.63) is 46.5 Å². The Bertz CT molecular complexity index is 627. The minimum Gasteiger partial charge on any atom is -0.505 e. The Hall–Kier alpha value is -1.81. The van der Waals surface area contributed by atoms with Crippen molar-refractivity contribution in [3.8, 4) is 22.6 Å². The number of halogens is 3. The van der Waals surface area contributed by atoms with E-state index in [0.717, 1.165) is 6.07 Å². The van der Waals surface area contributed by atoms with E-state index in [2.05, 4.69) is 0 Å². The molecule has 0 amide bonds. The van der Waals surface area contributed by atoms with E-state index in [-0.39, 0.29) is 21.7 Å². The highest BCUT2D eigenvalue weighted by Crippen LogP contribution is 2.40. The number of hydrogen-bond donors (Lipinski definition) is 2. The van der Waals surface area contributed by atoms with E-state index in [1.54, 1.807) is 0 Å². The summed E-state index contributed by atoms with van der Waals surface area (Å²) in [5.74, 6) is -3.15. The average Bonchev–Trinajstić information content (AvgIpc) is 2.34. The van der Waals surface area contributed by atoms with Crippen LogP contribution in [-0.2, 0) is 0 Å². The van der Waals surface area contributed by atoms with Crippen molar-refractivity contribution in [2.45, 2.75) is 6.92 Å². The normalized spacial score (nSPS) is 10.7. The van der Waals surface area contributed by atoms with E-state index in [1.807, 2.05) is 0 Å². The third-order valence-electron chi connectivity index (χ3n) is 2.65.